The number of nitrogens with two attached hydrogens (primary N) is 1. The lowest BCUT2D eigenvalue weighted by atomic mass is 10.2. The summed E-state index contributed by atoms with van der Waals surface area (Å²) >= 11 is 0. The number of aromatic nitrogens is 4. The van der Waals surface area contributed by atoms with E-state index in [1.807, 2.05) is 0 Å². The number of hydrogen-bond donors (Lipinski definition) is 1. The molecule has 0 unspecified atom stereocenters. The molecule has 0 aliphatic heterocycles. The summed E-state index contributed by atoms with van der Waals surface area (Å²) in [4.78, 5) is 7.97. The first kappa shape index (κ1) is 12.5. The lowest BCUT2D eigenvalue weighted by Crippen LogP contribution is -2.10. The van der Waals surface area contributed by atoms with Crippen molar-refractivity contribution in [2.45, 2.75) is 19.6 Å². The van der Waals surface area contributed by atoms with E-state index in [1.54, 1.807) is 6.92 Å². The molecule has 0 saturated carbocycles. The molecule has 0 amide bonds. The van der Waals surface area contributed by atoms with Crippen molar-refractivity contribution in [1.82, 2.24) is 19.7 Å². The number of alkyl halides is 3. The summed E-state index contributed by atoms with van der Waals surface area (Å²) in [7, 11) is 0. The quantitative estimate of drug-likeness (QED) is 0.884. The molecule has 18 heavy (non-hydrogen) atoms. The third-order valence-corrected chi connectivity index (χ3v) is 2.37. The Morgan fingerprint density at radius 1 is 1.39 bits per heavy atom. The third-order valence-electron chi connectivity index (χ3n) is 2.37. The van der Waals surface area contributed by atoms with E-state index in [0.29, 0.717) is 5.69 Å². The van der Waals surface area contributed by atoms with Crippen LogP contribution in [0.5, 0.6) is 0 Å². The highest BCUT2D eigenvalue weighted by Gasteiger charge is 2.33. The lowest BCUT2D eigenvalue weighted by Gasteiger charge is -2.05. The van der Waals surface area contributed by atoms with Gasteiger partial charge in [0.25, 0.3) is 5.95 Å². The Morgan fingerprint density at radius 3 is 2.61 bits per heavy atom. The second kappa shape index (κ2) is 4.37. The Balaban J connectivity index is 2.38. The Morgan fingerprint density at radius 2 is 2.11 bits per heavy atom. The van der Waals surface area contributed by atoms with Gasteiger partial charge in [-0.1, -0.05) is 0 Å². The van der Waals surface area contributed by atoms with E-state index in [-0.39, 0.29) is 12.5 Å². The van der Waals surface area contributed by atoms with Crippen molar-refractivity contribution < 1.29 is 13.2 Å². The van der Waals surface area contributed by atoms with Crippen molar-refractivity contribution in [1.29, 1.82) is 0 Å². The minimum Gasteiger partial charge on any atom is -0.326 e. The van der Waals surface area contributed by atoms with Gasteiger partial charge in [0.1, 0.15) is 0 Å². The molecule has 0 aliphatic rings. The monoisotopic (exact) mass is 257 g/mol. The zero-order chi connectivity index (χ0) is 13.3. The SMILES string of the molecule is Cc1nc(-n2ccc(C(F)(F)F)n2)ncc1CN. The maximum Gasteiger partial charge on any atom is 0.435 e. The Kier molecular flexibility index (Phi) is 3.04. The summed E-state index contributed by atoms with van der Waals surface area (Å²) < 4.78 is 38.1. The summed E-state index contributed by atoms with van der Waals surface area (Å²) in [5.74, 6) is 0.0835. The fraction of sp³-hybridized carbons (Fsp3) is 0.300. The van der Waals surface area contributed by atoms with E-state index in [0.717, 1.165) is 16.3 Å². The van der Waals surface area contributed by atoms with Crippen LogP contribution in [0.15, 0.2) is 18.5 Å². The van der Waals surface area contributed by atoms with Gasteiger partial charge in [-0.25, -0.2) is 14.6 Å². The molecule has 5 nitrogen and oxygen atoms in total. The fourth-order valence-corrected chi connectivity index (χ4v) is 1.38. The highest BCUT2D eigenvalue weighted by atomic mass is 19.4. The van der Waals surface area contributed by atoms with E-state index in [9.17, 15) is 13.2 Å². The van der Waals surface area contributed by atoms with Gasteiger partial charge in [-0.2, -0.15) is 18.3 Å². The molecular weight excluding hydrogens is 247 g/mol. The van der Waals surface area contributed by atoms with E-state index >= 15 is 0 Å². The minimum absolute atomic E-state index is 0.0835. The van der Waals surface area contributed by atoms with Crippen LogP contribution in [0.25, 0.3) is 5.95 Å². The zero-order valence-electron chi connectivity index (χ0n) is 9.44. The molecule has 0 aliphatic carbocycles. The summed E-state index contributed by atoms with van der Waals surface area (Å²) in [5, 5.41) is 3.38. The maximum absolute atomic E-state index is 12.4. The van der Waals surface area contributed by atoms with E-state index in [1.165, 1.54) is 12.4 Å². The number of hydrogen-bond acceptors (Lipinski definition) is 4. The molecule has 0 fully saturated rings. The smallest absolute Gasteiger partial charge is 0.326 e. The average molecular weight is 257 g/mol. The van der Waals surface area contributed by atoms with Gasteiger partial charge in [0.05, 0.1) is 0 Å². The van der Waals surface area contributed by atoms with Gasteiger partial charge >= 0.3 is 6.18 Å². The molecule has 8 heteroatoms. The fourth-order valence-electron chi connectivity index (χ4n) is 1.38. The van der Waals surface area contributed by atoms with Crippen LogP contribution < -0.4 is 5.73 Å². The van der Waals surface area contributed by atoms with Gasteiger partial charge < -0.3 is 5.73 Å². The van der Waals surface area contributed by atoms with Crippen LogP contribution in [0.2, 0.25) is 0 Å². The van der Waals surface area contributed by atoms with Crippen LogP contribution >= 0.6 is 0 Å². The number of rotatable bonds is 2. The van der Waals surface area contributed by atoms with Crippen molar-refractivity contribution in [2.24, 2.45) is 5.73 Å². The van der Waals surface area contributed by atoms with Crippen LogP contribution in [0, 0.1) is 6.92 Å². The molecule has 0 spiro atoms. The van der Waals surface area contributed by atoms with Crippen molar-refractivity contribution in [3.05, 3.63) is 35.4 Å². The molecule has 0 atom stereocenters. The van der Waals surface area contributed by atoms with Crippen molar-refractivity contribution in [3.63, 3.8) is 0 Å². The van der Waals surface area contributed by atoms with Gasteiger partial charge in [-0.15, -0.1) is 0 Å². The lowest BCUT2D eigenvalue weighted by molar-refractivity contribution is -0.141. The van der Waals surface area contributed by atoms with Crippen LogP contribution in [0.4, 0.5) is 13.2 Å². The van der Waals surface area contributed by atoms with E-state index in [4.69, 9.17) is 5.73 Å². The number of halogens is 3. The molecule has 2 N–H and O–H groups in total. The van der Waals surface area contributed by atoms with Gasteiger partial charge in [0.15, 0.2) is 5.69 Å². The largest absolute Gasteiger partial charge is 0.435 e. The van der Waals surface area contributed by atoms with Gasteiger partial charge in [-0.05, 0) is 13.0 Å². The van der Waals surface area contributed by atoms with Crippen LogP contribution in [0.3, 0.4) is 0 Å². The topological polar surface area (TPSA) is 69.6 Å². The molecule has 0 saturated heterocycles. The summed E-state index contributed by atoms with van der Waals surface area (Å²) in [5.41, 5.74) is 5.82. The van der Waals surface area contributed by atoms with Crippen molar-refractivity contribution in [2.75, 3.05) is 0 Å². The van der Waals surface area contributed by atoms with E-state index < -0.39 is 11.9 Å². The van der Waals surface area contributed by atoms with Crippen molar-refractivity contribution in [3.8, 4) is 5.95 Å². The second-order valence-corrected chi connectivity index (χ2v) is 3.63. The predicted molar refractivity (Wildman–Crippen MR) is 56.8 cm³/mol. The van der Waals surface area contributed by atoms with Crippen LogP contribution in [-0.2, 0) is 12.7 Å². The van der Waals surface area contributed by atoms with E-state index in [2.05, 4.69) is 15.1 Å². The summed E-state index contributed by atoms with van der Waals surface area (Å²) in [6.07, 6.45) is -1.83. The second-order valence-electron chi connectivity index (χ2n) is 3.63. The molecule has 2 heterocycles. The van der Waals surface area contributed by atoms with Gasteiger partial charge in [0.2, 0.25) is 0 Å². The van der Waals surface area contributed by atoms with Gasteiger partial charge in [-0.3, -0.25) is 0 Å². The zero-order valence-corrected chi connectivity index (χ0v) is 9.44. The molecule has 96 valence electrons. The standard InChI is InChI=1S/C10H10F3N5/c1-6-7(4-14)5-15-9(16-6)18-3-2-8(17-18)10(11,12)13/h2-3,5H,4,14H2,1H3. The van der Waals surface area contributed by atoms with Crippen LogP contribution in [0.1, 0.15) is 17.0 Å². The minimum atomic E-state index is -4.47. The van der Waals surface area contributed by atoms with Crippen molar-refractivity contribution >= 4 is 0 Å². The molecule has 2 aromatic rings. The average Bonchev–Trinajstić information content (AvgIpc) is 2.77. The van der Waals surface area contributed by atoms with Crippen LogP contribution in [-0.4, -0.2) is 19.7 Å². The first-order valence-corrected chi connectivity index (χ1v) is 5.07. The molecule has 2 aromatic heterocycles. The molecule has 0 bridgehead atoms. The molecule has 0 aromatic carbocycles. The number of nitrogens with zero attached hydrogens (tertiary/aromatic N) is 4. The Labute approximate surface area is 100 Å². The normalized spacial score (nSPS) is 11.8. The predicted octanol–water partition coefficient (Wildman–Crippen LogP) is 1.45. The molecular formula is C10H10F3N5. The first-order valence-electron chi connectivity index (χ1n) is 5.07. The first-order chi connectivity index (χ1) is 8.41. The summed E-state index contributed by atoms with van der Waals surface area (Å²) in [6.45, 7) is 1.99. The Bertz CT molecular complexity index is 561. The highest BCUT2D eigenvalue weighted by molar-refractivity contribution is 5.21. The summed E-state index contributed by atoms with van der Waals surface area (Å²) in [6, 6.07) is 0.871. The third kappa shape index (κ3) is 2.33. The number of aryl methyl sites for hydroxylation is 1. The molecule has 0 radical (unpaired) electrons. The van der Waals surface area contributed by atoms with Gasteiger partial charge in [0, 0.05) is 30.2 Å². The Hall–Kier alpha value is -1.96. The molecule has 2 rings (SSSR count). The highest BCUT2D eigenvalue weighted by Crippen LogP contribution is 2.27. The maximum atomic E-state index is 12.4.